The van der Waals surface area contributed by atoms with Gasteiger partial charge >= 0.3 is 0 Å². The monoisotopic (exact) mass is 612 g/mol. The lowest BCUT2D eigenvalue weighted by molar-refractivity contribution is -0.123. The van der Waals surface area contributed by atoms with E-state index >= 15 is 0 Å². The second-order valence-corrected chi connectivity index (χ2v) is 14.4. The van der Waals surface area contributed by atoms with E-state index in [2.05, 4.69) is 56.2 Å². The van der Waals surface area contributed by atoms with Crippen LogP contribution in [0.5, 0.6) is 5.75 Å². The number of benzene rings is 2. The lowest BCUT2D eigenvalue weighted by Gasteiger charge is -2.39. The number of sulfonamides is 1. The molecule has 0 bridgehead atoms. The van der Waals surface area contributed by atoms with Crippen LogP contribution in [-0.4, -0.2) is 126 Å². The van der Waals surface area contributed by atoms with Gasteiger partial charge in [0.15, 0.2) is 6.61 Å². The Balaban J connectivity index is 1.25. The summed E-state index contributed by atoms with van der Waals surface area (Å²) in [5.41, 5.74) is 3.45. The van der Waals surface area contributed by atoms with Crippen LogP contribution in [0.4, 0.5) is 5.69 Å². The molecule has 5 rings (SSSR count). The molecule has 0 saturated carbocycles. The van der Waals surface area contributed by atoms with Crippen molar-refractivity contribution in [3.05, 3.63) is 53.6 Å². The number of rotatable bonds is 11. The Bertz CT molecular complexity index is 1340. The molecule has 2 aromatic rings. The van der Waals surface area contributed by atoms with E-state index in [1.165, 1.54) is 48.8 Å². The number of carbonyl (C=O) groups excluding carboxylic acids is 1. The van der Waals surface area contributed by atoms with Crippen molar-refractivity contribution in [1.82, 2.24) is 24.3 Å². The lowest BCUT2D eigenvalue weighted by Crippen LogP contribution is -2.52. The number of hydrogen-bond donors (Lipinski definition) is 1. The van der Waals surface area contributed by atoms with Gasteiger partial charge in [0.1, 0.15) is 10.6 Å². The van der Waals surface area contributed by atoms with Gasteiger partial charge in [-0.25, -0.2) is 12.7 Å². The molecule has 0 spiro atoms. The number of carbonyl (C=O) groups is 1. The van der Waals surface area contributed by atoms with Gasteiger partial charge in [-0.2, -0.15) is 0 Å². The zero-order valence-electron chi connectivity index (χ0n) is 26.0. The molecule has 10 nitrogen and oxygen atoms in total. The fourth-order valence-corrected chi connectivity index (χ4v) is 7.59. The summed E-state index contributed by atoms with van der Waals surface area (Å²) in [6.07, 6.45) is 4.67. The Morgan fingerprint density at radius 1 is 0.930 bits per heavy atom. The molecule has 11 heteroatoms. The molecule has 1 unspecified atom stereocenters. The minimum Gasteiger partial charge on any atom is -0.482 e. The summed E-state index contributed by atoms with van der Waals surface area (Å²) in [7, 11) is 1.29. The molecule has 0 radical (unpaired) electrons. The zero-order valence-corrected chi connectivity index (χ0v) is 26.8. The van der Waals surface area contributed by atoms with Gasteiger partial charge in [-0.05, 0) is 62.7 Å². The molecule has 1 amide bonds. The number of piperidine rings is 1. The normalized spacial score (nSPS) is 19.7. The summed E-state index contributed by atoms with van der Waals surface area (Å²) >= 11 is 0. The molecule has 43 heavy (non-hydrogen) atoms. The number of piperazine rings is 1. The molecule has 3 aliphatic rings. The maximum Gasteiger partial charge on any atom is 0.257 e. The number of anilines is 1. The summed E-state index contributed by atoms with van der Waals surface area (Å²) in [5, 5.41) is 3.11. The predicted molar refractivity (Wildman–Crippen MR) is 170 cm³/mol. The molecule has 2 saturated heterocycles. The molecule has 1 atom stereocenters. The molecule has 1 N–H and O–H groups in total. The third kappa shape index (κ3) is 7.88. The van der Waals surface area contributed by atoms with Crippen molar-refractivity contribution in [2.24, 2.45) is 0 Å². The van der Waals surface area contributed by atoms with Crippen molar-refractivity contribution in [2.75, 3.05) is 91.6 Å². The molecular weight excluding hydrogens is 564 g/mol. The van der Waals surface area contributed by atoms with Crippen LogP contribution in [0, 0.1) is 0 Å². The van der Waals surface area contributed by atoms with E-state index in [9.17, 15) is 13.2 Å². The molecule has 236 valence electrons. The van der Waals surface area contributed by atoms with Gasteiger partial charge in [-0.15, -0.1) is 0 Å². The quantitative estimate of drug-likeness (QED) is 0.413. The Morgan fingerprint density at radius 3 is 2.37 bits per heavy atom. The first-order valence-electron chi connectivity index (χ1n) is 15.6. The van der Waals surface area contributed by atoms with Crippen LogP contribution in [0.25, 0.3) is 0 Å². The topological polar surface area (TPSA) is 88.7 Å². The summed E-state index contributed by atoms with van der Waals surface area (Å²) in [4.78, 5) is 22.6. The third-order valence-electron chi connectivity index (χ3n) is 9.02. The lowest BCUT2D eigenvalue weighted by atomic mass is 9.99. The average Bonchev–Trinajstić information content (AvgIpc) is 3.02. The zero-order chi connectivity index (χ0) is 30.4. The predicted octanol–water partition coefficient (Wildman–Crippen LogP) is 2.10. The van der Waals surface area contributed by atoms with Crippen molar-refractivity contribution in [3.63, 3.8) is 0 Å². The van der Waals surface area contributed by atoms with Crippen LogP contribution in [0.15, 0.2) is 47.4 Å². The fraction of sp³-hybridized carbons (Fsp3) is 0.594. The van der Waals surface area contributed by atoms with E-state index in [-0.39, 0.29) is 29.2 Å². The third-order valence-corrected chi connectivity index (χ3v) is 10.9. The number of nitrogens with one attached hydrogen (secondary N) is 1. The van der Waals surface area contributed by atoms with Crippen molar-refractivity contribution < 1.29 is 17.9 Å². The van der Waals surface area contributed by atoms with Crippen LogP contribution in [0.1, 0.15) is 30.4 Å². The maximum atomic E-state index is 13.5. The van der Waals surface area contributed by atoms with E-state index in [1.807, 2.05) is 6.07 Å². The molecule has 3 aliphatic heterocycles. The highest BCUT2D eigenvalue weighted by Gasteiger charge is 2.30. The van der Waals surface area contributed by atoms with Crippen molar-refractivity contribution in [1.29, 1.82) is 0 Å². The van der Waals surface area contributed by atoms with E-state index in [1.54, 1.807) is 12.1 Å². The standard InChI is InChI=1S/C32H48N6O4S/c1-34(2)43(40,41)32-29(38-20-18-35(3)19-21-38)12-9-13-30(32)42-25-31(39)33-22-28(37-15-7-4-8-16-37)24-36-17-14-26-10-5-6-11-27(26)23-36/h5-6,9-13,28H,4,7-8,14-25H2,1-3H3,(H,33,39). The SMILES string of the molecule is CN1CCN(c2cccc(OCC(=O)NCC(CN3CCc4ccccc4C3)N3CCCCC3)c2S(=O)(=O)N(C)C)CC1. The Labute approximate surface area is 257 Å². The van der Waals surface area contributed by atoms with Gasteiger partial charge in [-0.1, -0.05) is 36.8 Å². The number of fused-ring (bicyclic) bond motifs is 1. The second kappa shape index (κ2) is 14.4. The number of ether oxygens (including phenoxy) is 1. The van der Waals surface area contributed by atoms with E-state index in [0.717, 1.165) is 65.3 Å². The van der Waals surface area contributed by atoms with E-state index < -0.39 is 10.0 Å². The van der Waals surface area contributed by atoms with Gasteiger partial charge < -0.3 is 19.9 Å². The van der Waals surface area contributed by atoms with E-state index in [4.69, 9.17) is 4.74 Å². The molecule has 2 aromatic carbocycles. The molecule has 0 aromatic heterocycles. The Morgan fingerprint density at radius 2 is 1.65 bits per heavy atom. The summed E-state index contributed by atoms with van der Waals surface area (Å²) in [6.45, 7) is 8.36. The van der Waals surface area contributed by atoms with Gasteiger partial charge in [0.25, 0.3) is 5.91 Å². The van der Waals surface area contributed by atoms with Crippen LogP contribution >= 0.6 is 0 Å². The first kappa shape index (κ1) is 31.7. The summed E-state index contributed by atoms with van der Waals surface area (Å²) in [5.74, 6) is -0.0379. The van der Waals surface area contributed by atoms with Crippen molar-refractivity contribution >= 4 is 21.6 Å². The molecular formula is C32H48N6O4S. The van der Waals surface area contributed by atoms with Gasteiger partial charge in [-0.3, -0.25) is 14.6 Å². The number of hydrogen-bond acceptors (Lipinski definition) is 8. The Hall–Kier alpha value is -2.70. The van der Waals surface area contributed by atoms with Crippen molar-refractivity contribution in [3.8, 4) is 5.75 Å². The molecule has 3 heterocycles. The smallest absolute Gasteiger partial charge is 0.257 e. The highest BCUT2D eigenvalue weighted by atomic mass is 32.2. The largest absolute Gasteiger partial charge is 0.482 e. The highest BCUT2D eigenvalue weighted by molar-refractivity contribution is 7.89. The Kier molecular flexibility index (Phi) is 10.6. The second-order valence-electron chi connectivity index (χ2n) is 12.3. The number of nitrogens with zero attached hydrogens (tertiary/aromatic N) is 5. The summed E-state index contributed by atoms with van der Waals surface area (Å²) < 4.78 is 34.1. The number of likely N-dealkylation sites (tertiary alicyclic amines) is 1. The minimum absolute atomic E-state index is 0.119. The summed E-state index contributed by atoms with van der Waals surface area (Å²) in [6, 6.07) is 14.2. The van der Waals surface area contributed by atoms with Gasteiger partial charge in [0.2, 0.25) is 10.0 Å². The highest BCUT2D eigenvalue weighted by Crippen LogP contribution is 2.36. The first-order chi connectivity index (χ1) is 20.7. The maximum absolute atomic E-state index is 13.5. The molecule has 2 fully saturated rings. The first-order valence-corrected chi connectivity index (χ1v) is 17.1. The van der Waals surface area contributed by atoms with Crippen molar-refractivity contribution in [2.45, 2.75) is 43.2 Å². The van der Waals surface area contributed by atoms with Crippen LogP contribution < -0.4 is 15.0 Å². The number of amides is 1. The van der Waals surface area contributed by atoms with Gasteiger partial charge in [0.05, 0.1) is 5.69 Å². The van der Waals surface area contributed by atoms with Crippen LogP contribution in [0.2, 0.25) is 0 Å². The molecule has 0 aliphatic carbocycles. The van der Waals surface area contributed by atoms with Crippen LogP contribution in [0.3, 0.4) is 0 Å². The average molecular weight is 613 g/mol. The van der Waals surface area contributed by atoms with Crippen LogP contribution in [-0.2, 0) is 27.8 Å². The van der Waals surface area contributed by atoms with Gasteiger partial charge in [0, 0.05) is 72.5 Å². The van der Waals surface area contributed by atoms with E-state index in [0.29, 0.717) is 12.2 Å². The minimum atomic E-state index is -3.82. The fourth-order valence-electron chi connectivity index (χ4n) is 6.38. The number of likely N-dealkylation sites (N-methyl/N-ethyl adjacent to an activating group) is 1.